The number of hydrogen-bond donors (Lipinski definition) is 1. The highest BCUT2D eigenvalue weighted by molar-refractivity contribution is 5.79. The number of carbonyl (C=O) groups is 1. The molecule has 0 aliphatic carbocycles. The molecule has 0 radical (unpaired) electrons. The van der Waals surface area contributed by atoms with Crippen LogP contribution in [0.15, 0.2) is 60.7 Å². The molecule has 0 spiro atoms. The van der Waals surface area contributed by atoms with Crippen molar-refractivity contribution in [3.05, 3.63) is 88.7 Å². The van der Waals surface area contributed by atoms with E-state index in [1.807, 2.05) is 62.0 Å². The number of hydrogen-bond acceptors (Lipinski definition) is 2. The second-order valence-corrected chi connectivity index (χ2v) is 7.29. The number of nitrogens with zero attached hydrogens (tertiary/aromatic N) is 2. The third-order valence-corrected chi connectivity index (χ3v) is 5.46. The second-order valence-electron chi connectivity index (χ2n) is 7.29. The highest BCUT2D eigenvalue weighted by Gasteiger charge is 2.29. The Labute approximate surface area is 161 Å². The number of benzene rings is 2. The number of nitrogens with one attached hydrogen (secondary N) is 1. The molecule has 0 unspecified atom stereocenters. The van der Waals surface area contributed by atoms with Gasteiger partial charge in [0, 0.05) is 30.3 Å². The lowest BCUT2D eigenvalue weighted by atomic mass is 9.76. The summed E-state index contributed by atoms with van der Waals surface area (Å²) in [5, 5.41) is 7.56. The van der Waals surface area contributed by atoms with Crippen molar-refractivity contribution in [2.45, 2.75) is 32.6 Å². The molecule has 0 aliphatic rings. The van der Waals surface area contributed by atoms with Gasteiger partial charge in [0.1, 0.15) is 0 Å². The molecule has 0 fully saturated rings. The van der Waals surface area contributed by atoms with Crippen molar-refractivity contribution in [2.75, 3.05) is 6.54 Å². The normalized spacial score (nSPS) is 11.4. The summed E-state index contributed by atoms with van der Waals surface area (Å²) in [7, 11) is 1.91. The summed E-state index contributed by atoms with van der Waals surface area (Å²) in [6, 6.07) is 20.7. The Morgan fingerprint density at radius 2 is 1.52 bits per heavy atom. The van der Waals surface area contributed by atoms with Gasteiger partial charge in [0.15, 0.2) is 0 Å². The Balaban J connectivity index is 1.80. The summed E-state index contributed by atoms with van der Waals surface area (Å²) in [5.74, 6) is 0.0206. The summed E-state index contributed by atoms with van der Waals surface area (Å²) in [6.07, 6.45) is 0.352. The van der Waals surface area contributed by atoms with E-state index < -0.39 is 0 Å². The predicted molar refractivity (Wildman–Crippen MR) is 109 cm³/mol. The van der Waals surface area contributed by atoms with E-state index in [9.17, 15) is 4.79 Å². The number of carbonyl (C=O) groups excluding carboxylic acids is 1. The number of amides is 1. The van der Waals surface area contributed by atoms with Crippen LogP contribution in [-0.2, 0) is 23.7 Å². The van der Waals surface area contributed by atoms with E-state index in [1.54, 1.807) is 0 Å². The van der Waals surface area contributed by atoms with Crippen LogP contribution in [0.2, 0.25) is 0 Å². The average molecular weight is 361 g/mol. The Kier molecular flexibility index (Phi) is 5.45. The summed E-state index contributed by atoms with van der Waals surface area (Å²) < 4.78 is 1.83. The van der Waals surface area contributed by atoms with Crippen LogP contribution in [0.5, 0.6) is 0 Å². The largest absolute Gasteiger partial charge is 0.355 e. The zero-order chi connectivity index (χ0) is 19.4. The maximum Gasteiger partial charge on any atom is 0.224 e. The first-order valence-corrected chi connectivity index (χ1v) is 9.28. The minimum atomic E-state index is -0.294. The highest BCUT2D eigenvalue weighted by Crippen LogP contribution is 2.31. The van der Waals surface area contributed by atoms with Crippen molar-refractivity contribution >= 4 is 5.91 Å². The Hall–Kier alpha value is -2.88. The van der Waals surface area contributed by atoms with Gasteiger partial charge < -0.3 is 5.32 Å². The van der Waals surface area contributed by atoms with E-state index in [0.717, 1.165) is 17.0 Å². The molecule has 27 heavy (non-hydrogen) atoms. The van der Waals surface area contributed by atoms with E-state index in [0.29, 0.717) is 13.0 Å². The SMILES string of the molecule is Cc1nn(C)c(C)c1CC(=O)NCC(C)(c1ccccc1)c1ccccc1. The fraction of sp³-hybridized carbons (Fsp3) is 0.304. The van der Waals surface area contributed by atoms with Gasteiger partial charge in [-0.2, -0.15) is 5.10 Å². The van der Waals surface area contributed by atoms with Crippen LogP contribution in [0.25, 0.3) is 0 Å². The zero-order valence-corrected chi connectivity index (χ0v) is 16.5. The van der Waals surface area contributed by atoms with Crippen molar-refractivity contribution in [3.63, 3.8) is 0 Å². The lowest BCUT2D eigenvalue weighted by molar-refractivity contribution is -0.120. The van der Waals surface area contributed by atoms with E-state index in [2.05, 4.69) is 41.6 Å². The van der Waals surface area contributed by atoms with Gasteiger partial charge in [0.25, 0.3) is 0 Å². The van der Waals surface area contributed by atoms with Crippen molar-refractivity contribution in [2.24, 2.45) is 7.05 Å². The molecule has 0 aliphatic heterocycles. The summed E-state index contributed by atoms with van der Waals surface area (Å²) in [5.41, 5.74) is 5.04. The lowest BCUT2D eigenvalue weighted by Crippen LogP contribution is -2.40. The first kappa shape index (κ1) is 18.9. The molecular weight excluding hydrogens is 334 g/mol. The van der Waals surface area contributed by atoms with Crippen molar-refractivity contribution in [1.82, 2.24) is 15.1 Å². The van der Waals surface area contributed by atoms with E-state index >= 15 is 0 Å². The predicted octanol–water partition coefficient (Wildman–Crippen LogP) is 3.70. The Morgan fingerprint density at radius 3 is 1.96 bits per heavy atom. The maximum absolute atomic E-state index is 12.7. The highest BCUT2D eigenvalue weighted by atomic mass is 16.1. The van der Waals surface area contributed by atoms with Crippen LogP contribution in [0.1, 0.15) is 35.0 Å². The Morgan fingerprint density at radius 1 is 1.00 bits per heavy atom. The van der Waals surface area contributed by atoms with Crippen LogP contribution in [0.4, 0.5) is 0 Å². The first-order chi connectivity index (χ1) is 12.9. The standard InChI is InChI=1S/C23H27N3O/c1-17-21(18(2)26(4)25-17)15-22(27)24-16-23(3,19-11-7-5-8-12-19)20-13-9-6-10-14-20/h5-14H,15-16H2,1-4H3,(H,24,27). The lowest BCUT2D eigenvalue weighted by Gasteiger charge is -2.31. The molecule has 0 atom stereocenters. The molecule has 1 N–H and O–H groups in total. The molecule has 0 saturated carbocycles. The van der Waals surface area contributed by atoms with Crippen LogP contribution in [-0.4, -0.2) is 22.2 Å². The summed E-state index contributed by atoms with van der Waals surface area (Å²) in [4.78, 5) is 12.7. The van der Waals surface area contributed by atoms with Gasteiger partial charge in [0.05, 0.1) is 12.1 Å². The molecule has 1 heterocycles. The van der Waals surface area contributed by atoms with Gasteiger partial charge in [0.2, 0.25) is 5.91 Å². The van der Waals surface area contributed by atoms with Gasteiger partial charge >= 0.3 is 0 Å². The molecule has 1 amide bonds. The minimum absolute atomic E-state index is 0.0206. The van der Waals surface area contributed by atoms with Crippen LogP contribution in [0, 0.1) is 13.8 Å². The fourth-order valence-corrected chi connectivity index (χ4v) is 3.55. The van der Waals surface area contributed by atoms with E-state index in [4.69, 9.17) is 0 Å². The molecule has 0 saturated heterocycles. The van der Waals surface area contributed by atoms with Crippen LogP contribution >= 0.6 is 0 Å². The summed E-state index contributed by atoms with van der Waals surface area (Å²) in [6.45, 7) is 6.67. The van der Waals surface area contributed by atoms with Crippen LogP contribution in [0.3, 0.4) is 0 Å². The van der Waals surface area contributed by atoms with Crippen LogP contribution < -0.4 is 5.32 Å². The second kappa shape index (κ2) is 7.78. The third kappa shape index (κ3) is 3.95. The fourth-order valence-electron chi connectivity index (χ4n) is 3.55. The maximum atomic E-state index is 12.7. The molecule has 140 valence electrons. The van der Waals surface area contributed by atoms with Gasteiger partial charge in [-0.25, -0.2) is 0 Å². The topological polar surface area (TPSA) is 46.9 Å². The van der Waals surface area contributed by atoms with Crippen molar-refractivity contribution in [3.8, 4) is 0 Å². The van der Waals surface area contributed by atoms with Gasteiger partial charge in [-0.15, -0.1) is 0 Å². The molecule has 0 bridgehead atoms. The van der Waals surface area contributed by atoms with Gasteiger partial charge in [-0.3, -0.25) is 9.48 Å². The van der Waals surface area contributed by atoms with Crippen molar-refractivity contribution in [1.29, 1.82) is 0 Å². The Bertz CT molecular complexity index is 874. The molecule has 3 aromatic rings. The zero-order valence-electron chi connectivity index (χ0n) is 16.5. The molecule has 2 aromatic carbocycles. The number of rotatable bonds is 6. The molecule has 4 heteroatoms. The smallest absolute Gasteiger partial charge is 0.224 e. The van der Waals surface area contributed by atoms with E-state index in [-0.39, 0.29) is 11.3 Å². The van der Waals surface area contributed by atoms with Crippen molar-refractivity contribution < 1.29 is 4.79 Å². The average Bonchev–Trinajstić information content (AvgIpc) is 2.93. The summed E-state index contributed by atoms with van der Waals surface area (Å²) >= 11 is 0. The molecule has 4 nitrogen and oxygen atoms in total. The van der Waals surface area contributed by atoms with E-state index in [1.165, 1.54) is 11.1 Å². The quantitative estimate of drug-likeness (QED) is 0.728. The molecular formula is C23H27N3O. The number of aryl methyl sites for hydroxylation is 2. The molecule has 3 rings (SSSR count). The van der Waals surface area contributed by atoms with Gasteiger partial charge in [-0.05, 0) is 31.9 Å². The van der Waals surface area contributed by atoms with Gasteiger partial charge in [-0.1, -0.05) is 60.7 Å². The third-order valence-electron chi connectivity index (χ3n) is 5.46. The monoisotopic (exact) mass is 361 g/mol. The first-order valence-electron chi connectivity index (χ1n) is 9.28. The number of aromatic nitrogens is 2. The minimum Gasteiger partial charge on any atom is -0.355 e. The molecule has 1 aromatic heterocycles.